The first-order valence-corrected chi connectivity index (χ1v) is 3.79. The molecule has 5 heteroatoms. The second-order valence-corrected chi connectivity index (χ2v) is 2.45. The highest BCUT2D eigenvalue weighted by molar-refractivity contribution is 6.41. The van der Waals surface area contributed by atoms with Crippen LogP contribution in [-0.2, 0) is 0 Å². The van der Waals surface area contributed by atoms with Gasteiger partial charge in [0.15, 0.2) is 0 Å². The zero-order valence-electron chi connectivity index (χ0n) is 7.59. The molecule has 0 unspecified atom stereocenters. The van der Waals surface area contributed by atoms with E-state index in [0.717, 1.165) is 12.9 Å². The highest BCUT2D eigenvalue weighted by atomic mass is 19.3. The van der Waals surface area contributed by atoms with E-state index < -0.39 is 6.55 Å². The molecular formula is C7H13BF2N2. The van der Waals surface area contributed by atoms with Gasteiger partial charge in [0.05, 0.1) is 0 Å². The minimum atomic E-state index is -2.53. The van der Waals surface area contributed by atoms with Gasteiger partial charge < -0.3 is 0 Å². The van der Waals surface area contributed by atoms with Gasteiger partial charge in [-0.25, -0.2) is 5.01 Å². The highest BCUT2D eigenvalue weighted by Crippen LogP contribution is 1.99. The summed E-state index contributed by atoms with van der Waals surface area (Å²) in [6.45, 7) is 1.27. The first-order chi connectivity index (χ1) is 5.57. The van der Waals surface area contributed by atoms with Gasteiger partial charge in [0.25, 0.3) is 0 Å². The third-order valence-electron chi connectivity index (χ3n) is 1.25. The lowest BCUT2D eigenvalue weighted by molar-refractivity contribution is -0.00703. The summed E-state index contributed by atoms with van der Waals surface area (Å²) in [7, 11) is 2.12. The van der Waals surface area contributed by atoms with Crippen molar-refractivity contribution in [2.24, 2.45) is 5.10 Å². The lowest BCUT2D eigenvalue weighted by atomic mass is 9.81. The topological polar surface area (TPSA) is 15.6 Å². The van der Waals surface area contributed by atoms with Crippen molar-refractivity contribution >= 4 is 13.5 Å². The van der Waals surface area contributed by atoms with Gasteiger partial charge in [-0.3, -0.25) is 0 Å². The minimum Gasteiger partial charge on any atom is -0.240 e. The first kappa shape index (κ1) is 11.1. The van der Waals surface area contributed by atoms with E-state index in [9.17, 15) is 8.78 Å². The Morgan fingerprint density at radius 1 is 1.58 bits per heavy atom. The predicted molar refractivity (Wildman–Crippen MR) is 49.0 cm³/mol. The van der Waals surface area contributed by atoms with Crippen LogP contribution >= 0.6 is 0 Å². The normalized spacial score (nSPS) is 12.7. The van der Waals surface area contributed by atoms with Crippen molar-refractivity contribution in [1.29, 1.82) is 0 Å². The molecule has 68 valence electrons. The van der Waals surface area contributed by atoms with Crippen LogP contribution < -0.4 is 0 Å². The molecule has 12 heavy (non-hydrogen) atoms. The predicted octanol–water partition coefficient (Wildman–Crippen LogP) is 1.51. The summed E-state index contributed by atoms with van der Waals surface area (Å²) >= 11 is 0. The quantitative estimate of drug-likeness (QED) is 0.273. The van der Waals surface area contributed by atoms with E-state index in [1.54, 1.807) is 0 Å². The minimum absolute atomic E-state index is 0.618. The van der Waals surface area contributed by atoms with Crippen LogP contribution in [0.1, 0.15) is 6.92 Å². The summed E-state index contributed by atoms with van der Waals surface area (Å²) in [5, 5.41) is 4.15. The fourth-order valence-electron chi connectivity index (χ4n) is 0.607. The maximum absolute atomic E-state index is 11.9. The van der Waals surface area contributed by atoms with Crippen molar-refractivity contribution in [1.82, 2.24) is 5.01 Å². The molecule has 0 saturated heterocycles. The van der Waals surface area contributed by atoms with Gasteiger partial charge in [0.1, 0.15) is 7.28 Å². The Hall–Kier alpha value is -0.865. The molecule has 0 aromatic rings. The van der Waals surface area contributed by atoms with Gasteiger partial charge in [-0.2, -0.15) is 13.9 Å². The second-order valence-electron chi connectivity index (χ2n) is 2.45. The Morgan fingerprint density at radius 2 is 2.17 bits per heavy atom. The van der Waals surface area contributed by atoms with E-state index in [4.69, 9.17) is 0 Å². The molecule has 0 aliphatic carbocycles. The number of hydrogen-bond acceptors (Lipinski definition) is 2. The van der Waals surface area contributed by atoms with Crippen molar-refractivity contribution in [2.45, 2.75) is 20.3 Å². The number of rotatable bonds is 4. The number of nitrogens with zero attached hydrogens (tertiary/aromatic N) is 2. The molecular weight excluding hydrogens is 161 g/mol. The lowest BCUT2D eigenvalue weighted by Crippen LogP contribution is -2.17. The molecule has 2 nitrogen and oxygen atoms in total. The Bertz CT molecular complexity index is 180. The molecule has 0 heterocycles. The van der Waals surface area contributed by atoms with E-state index in [-0.39, 0.29) is 0 Å². The molecule has 0 rings (SSSR count). The highest BCUT2D eigenvalue weighted by Gasteiger charge is 2.05. The van der Waals surface area contributed by atoms with Crippen LogP contribution in [0.2, 0.25) is 6.82 Å². The molecule has 0 saturated carbocycles. The van der Waals surface area contributed by atoms with Crippen LogP contribution in [0.5, 0.6) is 0 Å². The Kier molecular flexibility index (Phi) is 5.33. The fraction of sp³-hybridized carbons (Fsp3) is 0.571. The molecule has 0 aromatic heterocycles. The first-order valence-electron chi connectivity index (χ1n) is 3.79. The van der Waals surface area contributed by atoms with Crippen LogP contribution in [0.3, 0.4) is 0 Å². The van der Waals surface area contributed by atoms with Gasteiger partial charge in [-0.1, -0.05) is 6.82 Å². The monoisotopic (exact) mass is 174 g/mol. The number of hydrogen-bond donors (Lipinski definition) is 0. The Labute approximate surface area is 72.2 Å². The third-order valence-corrected chi connectivity index (χ3v) is 1.25. The van der Waals surface area contributed by atoms with E-state index in [1.165, 1.54) is 13.3 Å². The van der Waals surface area contributed by atoms with Crippen LogP contribution in [0.15, 0.2) is 16.6 Å². The van der Waals surface area contributed by atoms with Gasteiger partial charge in [0, 0.05) is 13.3 Å². The van der Waals surface area contributed by atoms with Gasteiger partial charge >= 0.3 is 6.55 Å². The van der Waals surface area contributed by atoms with Crippen molar-refractivity contribution in [3.8, 4) is 0 Å². The van der Waals surface area contributed by atoms with E-state index in [0.29, 0.717) is 5.01 Å². The summed E-state index contributed by atoms with van der Waals surface area (Å²) in [5.74, 6) is 1.92. The second kappa shape index (κ2) is 5.74. The SMILES string of the molecule is CB/C=C(C)/C=N\N(C)C(F)F. The smallest absolute Gasteiger partial charge is 0.240 e. The Morgan fingerprint density at radius 3 is 2.58 bits per heavy atom. The molecule has 0 radical (unpaired) electrons. The van der Waals surface area contributed by atoms with Crippen LogP contribution in [0, 0.1) is 0 Å². The van der Waals surface area contributed by atoms with Crippen LogP contribution in [0.25, 0.3) is 0 Å². The standard InChI is InChI=1S/C7H13BF2N2/c1-6(4-8-2)5-11-12(3)7(9)10/h4-5,7-8H,1-3H3/b6-4+,11-5-. The molecule has 0 aliphatic heterocycles. The summed E-state index contributed by atoms with van der Waals surface area (Å²) in [4.78, 5) is 0. The van der Waals surface area contributed by atoms with Gasteiger partial charge in [-0.05, 0) is 12.5 Å². The van der Waals surface area contributed by atoms with E-state index >= 15 is 0 Å². The number of allylic oxidation sites excluding steroid dienone is 1. The van der Waals surface area contributed by atoms with Crippen LogP contribution in [-0.4, -0.2) is 32.1 Å². The third kappa shape index (κ3) is 4.88. The summed E-state index contributed by atoms with van der Waals surface area (Å²) in [6, 6.07) is 0. The number of alkyl halides is 2. The van der Waals surface area contributed by atoms with E-state index in [2.05, 4.69) is 5.10 Å². The zero-order valence-corrected chi connectivity index (χ0v) is 7.59. The maximum Gasteiger partial charge on any atom is 0.329 e. The van der Waals surface area contributed by atoms with Crippen molar-refractivity contribution in [2.75, 3.05) is 7.05 Å². The molecule has 0 aliphatic rings. The summed E-state index contributed by atoms with van der Waals surface area (Å²) < 4.78 is 23.7. The maximum atomic E-state index is 11.9. The molecule has 0 atom stereocenters. The van der Waals surface area contributed by atoms with Crippen molar-refractivity contribution < 1.29 is 8.78 Å². The van der Waals surface area contributed by atoms with Crippen molar-refractivity contribution in [3.63, 3.8) is 0 Å². The van der Waals surface area contributed by atoms with Gasteiger partial charge in [-0.15, -0.1) is 5.98 Å². The zero-order chi connectivity index (χ0) is 9.56. The summed E-state index contributed by atoms with van der Waals surface area (Å²) in [6.07, 6.45) is 1.43. The lowest BCUT2D eigenvalue weighted by Gasteiger charge is -2.09. The largest absolute Gasteiger partial charge is 0.329 e. The molecule has 0 fully saturated rings. The fourth-order valence-corrected chi connectivity index (χ4v) is 0.607. The molecule has 0 aromatic carbocycles. The molecule has 0 bridgehead atoms. The van der Waals surface area contributed by atoms with Crippen LogP contribution in [0.4, 0.5) is 8.78 Å². The average molecular weight is 174 g/mol. The summed E-state index contributed by atoms with van der Waals surface area (Å²) in [5.41, 5.74) is 0.894. The average Bonchev–Trinajstić information content (AvgIpc) is 2.00. The van der Waals surface area contributed by atoms with Gasteiger partial charge in [0.2, 0.25) is 0 Å². The molecule has 0 spiro atoms. The molecule has 0 N–H and O–H groups in total. The Balaban J connectivity index is 3.97. The number of hydrazone groups is 1. The van der Waals surface area contributed by atoms with Crippen molar-refractivity contribution in [3.05, 3.63) is 11.5 Å². The number of halogens is 2. The molecule has 0 amide bonds. The van der Waals surface area contributed by atoms with E-state index in [1.807, 2.05) is 19.7 Å².